The van der Waals surface area contributed by atoms with Crippen molar-refractivity contribution in [1.82, 2.24) is 42.5 Å². The number of guanidine groups is 2. The van der Waals surface area contributed by atoms with Gasteiger partial charge in [-0.25, -0.2) is 0 Å². The molecular weight excluding hydrogens is 1170 g/mol. The Morgan fingerprint density at radius 2 is 0.615 bits per heavy atom. The number of benzene rings is 3. The lowest BCUT2D eigenvalue weighted by Gasteiger charge is -2.28. The van der Waals surface area contributed by atoms with Crippen LogP contribution in [0.5, 0.6) is 0 Å². The number of hydrogen-bond acceptors (Lipinski definition) is 15. The van der Waals surface area contributed by atoms with Gasteiger partial charge in [0.2, 0.25) is 53.2 Å². The fourth-order valence-electron chi connectivity index (χ4n) is 9.79. The summed E-state index contributed by atoms with van der Waals surface area (Å²) in [5, 5.41) is 22.3. The summed E-state index contributed by atoms with van der Waals surface area (Å²) in [4.78, 5) is 136. The van der Waals surface area contributed by atoms with Gasteiger partial charge in [-0.3, -0.25) is 53.1 Å². The third-order valence-corrected chi connectivity index (χ3v) is 14.7. The molecule has 91 heavy (non-hydrogen) atoms. The van der Waals surface area contributed by atoms with E-state index in [9.17, 15) is 43.2 Å². The first-order chi connectivity index (χ1) is 43.5. The van der Waals surface area contributed by atoms with Crippen molar-refractivity contribution in [3.05, 3.63) is 108 Å². The molecule has 3 aromatic rings. The van der Waals surface area contributed by atoms with Crippen LogP contribution in [0.4, 0.5) is 0 Å². The highest BCUT2D eigenvalue weighted by Crippen LogP contribution is 2.14. The summed E-state index contributed by atoms with van der Waals surface area (Å²) in [6.07, 6.45) is 3.69. The van der Waals surface area contributed by atoms with Crippen LogP contribution < -0.4 is 94.1 Å². The summed E-state index contributed by atoms with van der Waals surface area (Å²) in [7, 11) is 0. The van der Waals surface area contributed by atoms with Crippen molar-refractivity contribution in [2.24, 2.45) is 67.5 Å². The summed E-state index contributed by atoms with van der Waals surface area (Å²) < 4.78 is 0. The maximum absolute atomic E-state index is 15.0. The average Bonchev–Trinajstić information content (AvgIpc) is 3.72. The Morgan fingerprint density at radius 1 is 0.352 bits per heavy atom. The molecular formula is C63H101N19O9. The number of unbranched alkanes of at least 4 members (excludes halogenated alkanes) is 3. The van der Waals surface area contributed by atoms with Gasteiger partial charge in [0.05, 0.1) is 6.04 Å². The topological polar surface area (TPSA) is 509 Å². The highest BCUT2D eigenvalue weighted by Gasteiger charge is 2.35. The summed E-state index contributed by atoms with van der Waals surface area (Å²) in [5.74, 6) is -6.93. The molecule has 0 aliphatic heterocycles. The van der Waals surface area contributed by atoms with Crippen LogP contribution in [0.2, 0.25) is 0 Å². The standard InChI is InChI=1S/C63H101N19O9/c1-40(2)36-49(53(68)83)79-57(87)46(28-13-16-32-65)75-56(86)48(30-19-35-74-63(71)72)78-60(90)51(38-42-22-8-4-9-23-42)82-61(91)52(39-43-24-10-5-11-25-43)81-58(88)47(29-14-17-33-66)76-55(85)45(27-12-15-31-64)77-59(89)50(37-41-20-6-3-7-21-41)80-54(84)44(67)26-18-34-73-62(69)70/h3-11,20-25,40,44-52H,12-19,26-39,64-67H2,1-2H3,(H2,68,83)(H,75,86)(H,76,85)(H,77,89)(H,78,90)(H,79,87)(H,80,84)(H,81,88)(H,82,91)(H4,69,70,73)(H4,71,72,74)/t44-,45-,46-,47-,48-,49-,50-,51-,52-/m0/s1. The molecule has 0 unspecified atom stereocenters. The second-order valence-electron chi connectivity index (χ2n) is 22.9. The molecule has 0 radical (unpaired) electrons. The lowest BCUT2D eigenvalue weighted by Crippen LogP contribution is -2.61. The van der Waals surface area contributed by atoms with Crippen molar-refractivity contribution >= 4 is 65.1 Å². The molecule has 0 heterocycles. The minimum Gasteiger partial charge on any atom is -0.370 e. The Kier molecular flexibility index (Phi) is 36.2. The Labute approximate surface area is 534 Å². The molecule has 28 nitrogen and oxygen atoms in total. The van der Waals surface area contributed by atoms with Gasteiger partial charge in [-0.05, 0) is 132 Å². The Hall–Kier alpha value is -8.73. The highest BCUT2D eigenvalue weighted by atomic mass is 16.2. The number of carbonyl (C=O) groups is 9. The Bertz CT molecular complexity index is 2770. The minimum absolute atomic E-state index is 0.0156. The van der Waals surface area contributed by atoms with Crippen LogP contribution in [-0.4, -0.2) is 152 Å². The summed E-state index contributed by atoms with van der Waals surface area (Å²) in [6, 6.07) is 15.4. The zero-order valence-corrected chi connectivity index (χ0v) is 52.8. The third kappa shape index (κ3) is 31.0. The van der Waals surface area contributed by atoms with Crippen LogP contribution in [0.25, 0.3) is 0 Å². The predicted molar refractivity (Wildman–Crippen MR) is 351 cm³/mol. The van der Waals surface area contributed by atoms with Crippen LogP contribution in [-0.2, 0) is 62.4 Å². The first-order valence-corrected chi connectivity index (χ1v) is 31.4. The smallest absolute Gasteiger partial charge is 0.243 e. The summed E-state index contributed by atoms with van der Waals surface area (Å²) in [6.45, 7) is 4.87. The Morgan fingerprint density at radius 3 is 0.901 bits per heavy atom. The predicted octanol–water partition coefficient (Wildman–Crippen LogP) is -2.05. The van der Waals surface area contributed by atoms with Crippen molar-refractivity contribution in [3.8, 4) is 0 Å². The van der Waals surface area contributed by atoms with E-state index < -0.39 is 108 Å². The normalized spacial score (nSPS) is 14.0. The monoisotopic (exact) mass is 1270 g/mol. The summed E-state index contributed by atoms with van der Waals surface area (Å²) >= 11 is 0. The molecule has 3 aromatic carbocycles. The quantitative estimate of drug-likeness (QED) is 0.0164. The van der Waals surface area contributed by atoms with Gasteiger partial charge in [0.25, 0.3) is 0 Å². The van der Waals surface area contributed by atoms with Crippen LogP contribution in [0, 0.1) is 5.92 Å². The maximum atomic E-state index is 15.0. The van der Waals surface area contributed by atoms with E-state index in [1.165, 1.54) is 0 Å². The van der Waals surface area contributed by atoms with Crippen molar-refractivity contribution in [2.75, 3.05) is 32.7 Å². The SMILES string of the molecule is CC(C)C[C@H](NC(=O)[C@H](CCCCN)NC(=O)[C@H](CCCN=C(N)N)NC(=O)[C@H](Cc1ccccc1)NC(=O)[C@H](Cc1ccccc1)NC(=O)[C@H](CCCCN)NC(=O)[C@H](CCCCN)NC(=O)[C@H](Cc1ccccc1)NC(=O)[C@@H](N)CCCN=C(N)N)C(N)=O. The maximum Gasteiger partial charge on any atom is 0.243 e. The molecule has 0 fully saturated rings. The number of rotatable bonds is 45. The van der Waals surface area contributed by atoms with Gasteiger partial charge < -0.3 is 94.1 Å². The first-order valence-electron chi connectivity index (χ1n) is 31.4. The van der Waals surface area contributed by atoms with Crippen molar-refractivity contribution < 1.29 is 43.2 Å². The number of nitrogens with one attached hydrogen (secondary N) is 8. The van der Waals surface area contributed by atoms with Crippen LogP contribution >= 0.6 is 0 Å². The molecule has 0 aliphatic rings. The molecule has 0 aromatic heterocycles. The zero-order chi connectivity index (χ0) is 67.1. The fraction of sp³-hybridized carbons (Fsp3) is 0.540. The van der Waals surface area contributed by atoms with Gasteiger partial charge in [-0.1, -0.05) is 105 Å². The zero-order valence-electron chi connectivity index (χ0n) is 52.8. The minimum atomic E-state index is -1.39. The van der Waals surface area contributed by atoms with Crippen LogP contribution in [0.3, 0.4) is 0 Å². The molecule has 0 aliphatic carbocycles. The first kappa shape index (κ1) is 76.5. The second-order valence-corrected chi connectivity index (χ2v) is 22.9. The molecule has 9 atom stereocenters. The largest absolute Gasteiger partial charge is 0.370 e. The molecule has 0 bridgehead atoms. The van der Waals surface area contributed by atoms with Gasteiger partial charge >= 0.3 is 0 Å². The van der Waals surface area contributed by atoms with E-state index in [2.05, 4.69) is 52.5 Å². The van der Waals surface area contributed by atoms with E-state index in [4.69, 9.17) is 51.6 Å². The molecule has 0 spiro atoms. The fourth-order valence-corrected chi connectivity index (χ4v) is 9.79. The van der Waals surface area contributed by atoms with E-state index >= 15 is 0 Å². The van der Waals surface area contributed by atoms with Gasteiger partial charge in [-0.2, -0.15) is 0 Å². The van der Waals surface area contributed by atoms with E-state index in [0.29, 0.717) is 68.2 Å². The van der Waals surface area contributed by atoms with Crippen LogP contribution in [0.1, 0.15) is 120 Å². The Balaban J connectivity index is 2.04. The van der Waals surface area contributed by atoms with E-state index in [1.54, 1.807) is 91.0 Å². The molecule has 502 valence electrons. The van der Waals surface area contributed by atoms with E-state index in [-0.39, 0.29) is 108 Å². The van der Waals surface area contributed by atoms with Crippen molar-refractivity contribution in [1.29, 1.82) is 0 Å². The number of aliphatic imine (C=N–C) groups is 2. The number of amides is 9. The number of nitrogens with two attached hydrogens (primary N) is 9. The molecule has 3 rings (SSSR count). The number of hydrogen-bond donors (Lipinski definition) is 17. The molecule has 28 heteroatoms. The second kappa shape index (κ2) is 43.1. The van der Waals surface area contributed by atoms with Gasteiger partial charge in [-0.15, -0.1) is 0 Å². The summed E-state index contributed by atoms with van der Waals surface area (Å²) in [5.41, 5.74) is 53.5. The van der Waals surface area contributed by atoms with Crippen molar-refractivity contribution in [3.63, 3.8) is 0 Å². The molecule has 9 amide bonds. The number of primary amides is 1. The molecule has 0 saturated heterocycles. The highest BCUT2D eigenvalue weighted by molar-refractivity contribution is 5.98. The van der Waals surface area contributed by atoms with Crippen LogP contribution in [0.15, 0.2) is 101 Å². The number of carbonyl (C=O) groups excluding carboxylic acids is 9. The van der Waals surface area contributed by atoms with Gasteiger partial charge in [0.1, 0.15) is 48.3 Å². The average molecular weight is 1270 g/mol. The molecule has 0 saturated carbocycles. The van der Waals surface area contributed by atoms with E-state index in [1.807, 2.05) is 13.8 Å². The van der Waals surface area contributed by atoms with Gasteiger partial charge in [0.15, 0.2) is 11.9 Å². The van der Waals surface area contributed by atoms with Crippen molar-refractivity contribution in [2.45, 2.75) is 177 Å². The third-order valence-electron chi connectivity index (χ3n) is 14.7. The molecule has 26 N–H and O–H groups in total. The lowest BCUT2D eigenvalue weighted by molar-refractivity contribution is -0.136. The number of nitrogens with zero attached hydrogens (tertiary/aromatic N) is 2. The van der Waals surface area contributed by atoms with E-state index in [0.717, 1.165) is 0 Å². The lowest BCUT2D eigenvalue weighted by atomic mass is 10.0. The van der Waals surface area contributed by atoms with Gasteiger partial charge in [0, 0.05) is 32.4 Å².